The lowest BCUT2D eigenvalue weighted by Crippen LogP contribution is -2.18. The van der Waals surface area contributed by atoms with Gasteiger partial charge in [0.05, 0.1) is 18.1 Å². The first kappa shape index (κ1) is 13.3. The fourth-order valence-electron chi connectivity index (χ4n) is 0.969. The molecule has 0 amide bonds. The molecule has 8 heteroatoms. The molecule has 0 unspecified atom stereocenters. The summed E-state index contributed by atoms with van der Waals surface area (Å²) >= 11 is 3.11. The molecule has 6 nitrogen and oxygen atoms in total. The van der Waals surface area contributed by atoms with Crippen LogP contribution in [-0.4, -0.2) is 37.9 Å². The lowest BCUT2D eigenvalue weighted by molar-refractivity contribution is 0.199. The zero-order chi connectivity index (χ0) is 12.0. The third-order valence-corrected chi connectivity index (χ3v) is 3.40. The van der Waals surface area contributed by atoms with Crippen molar-refractivity contribution in [2.45, 2.75) is 6.42 Å². The van der Waals surface area contributed by atoms with Gasteiger partial charge in [0.1, 0.15) is 4.60 Å². The average molecular weight is 310 g/mol. The monoisotopic (exact) mass is 309 g/mol. The molecule has 1 rings (SSSR count). The summed E-state index contributed by atoms with van der Waals surface area (Å²) in [7, 11) is -1.84. The lowest BCUT2D eigenvalue weighted by Gasteiger charge is -2.06. The number of anilines is 1. The number of hydrogen-bond donors (Lipinski definition) is 1. The van der Waals surface area contributed by atoms with Gasteiger partial charge in [-0.05, 0) is 22.4 Å². The topological polar surface area (TPSA) is 81.2 Å². The van der Waals surface area contributed by atoms with Gasteiger partial charge in [0.2, 0.25) is 10.0 Å². The molecule has 0 aliphatic rings. The highest BCUT2D eigenvalue weighted by atomic mass is 79.9. The highest BCUT2D eigenvalue weighted by Gasteiger charge is 2.10. The van der Waals surface area contributed by atoms with E-state index < -0.39 is 10.0 Å². The van der Waals surface area contributed by atoms with Gasteiger partial charge in [0.25, 0.3) is 0 Å². The van der Waals surface area contributed by atoms with Crippen LogP contribution >= 0.6 is 15.9 Å². The van der Waals surface area contributed by atoms with Crippen LogP contribution in [0.15, 0.2) is 17.0 Å². The normalized spacial score (nSPS) is 11.4. The van der Waals surface area contributed by atoms with Gasteiger partial charge in [-0.3, -0.25) is 4.72 Å². The minimum atomic E-state index is -3.37. The Balaban J connectivity index is 2.55. The van der Waals surface area contributed by atoms with Crippen LogP contribution in [0.1, 0.15) is 6.42 Å². The van der Waals surface area contributed by atoms with Crippen LogP contribution in [0.25, 0.3) is 0 Å². The molecule has 1 aromatic heterocycles. The van der Waals surface area contributed by atoms with Gasteiger partial charge in [-0.1, -0.05) is 0 Å². The van der Waals surface area contributed by atoms with E-state index in [1.807, 2.05) is 0 Å². The Morgan fingerprint density at radius 2 is 2.19 bits per heavy atom. The Morgan fingerprint density at radius 3 is 2.75 bits per heavy atom. The second kappa shape index (κ2) is 6.12. The van der Waals surface area contributed by atoms with Gasteiger partial charge in [-0.15, -0.1) is 0 Å². The number of sulfonamides is 1. The Morgan fingerprint density at radius 1 is 1.44 bits per heavy atom. The fraction of sp³-hybridized carbons (Fsp3) is 0.500. The number of methoxy groups -OCH3 is 1. The number of aromatic nitrogens is 2. The van der Waals surface area contributed by atoms with Crippen LogP contribution < -0.4 is 4.72 Å². The quantitative estimate of drug-likeness (QED) is 0.793. The molecule has 1 N–H and O–H groups in total. The molecule has 0 aliphatic heterocycles. The van der Waals surface area contributed by atoms with Crippen LogP contribution in [0.3, 0.4) is 0 Å². The maximum atomic E-state index is 11.5. The molecule has 0 spiro atoms. The first-order chi connectivity index (χ1) is 7.53. The standard InChI is InChI=1S/C8H12BrN3O3S/c1-15-3-2-4-16(13,14)12-8-6-10-7(9)5-11-8/h5-6H,2-4H2,1H3,(H,11,12). The Hall–Kier alpha value is -0.730. The smallest absolute Gasteiger partial charge is 0.234 e. The molecule has 1 heterocycles. The number of rotatable bonds is 6. The van der Waals surface area contributed by atoms with Crippen molar-refractivity contribution >= 4 is 31.8 Å². The highest BCUT2D eigenvalue weighted by molar-refractivity contribution is 9.10. The zero-order valence-corrected chi connectivity index (χ0v) is 11.1. The molecule has 0 saturated carbocycles. The predicted molar refractivity (Wildman–Crippen MR) is 63.6 cm³/mol. The van der Waals surface area contributed by atoms with Crippen molar-refractivity contribution in [1.82, 2.24) is 9.97 Å². The summed E-state index contributed by atoms with van der Waals surface area (Å²) in [6.45, 7) is 0.410. The van der Waals surface area contributed by atoms with Gasteiger partial charge < -0.3 is 4.74 Å². The third kappa shape index (κ3) is 4.86. The van der Waals surface area contributed by atoms with Crippen LogP contribution in [0.5, 0.6) is 0 Å². The number of ether oxygens (including phenoxy) is 1. The minimum absolute atomic E-state index is 0.00140. The fourth-order valence-corrected chi connectivity index (χ4v) is 2.20. The van der Waals surface area contributed by atoms with Crippen LogP contribution in [0, 0.1) is 0 Å². The number of halogens is 1. The summed E-state index contributed by atoms with van der Waals surface area (Å²) in [4.78, 5) is 7.72. The van der Waals surface area contributed by atoms with E-state index in [-0.39, 0.29) is 11.6 Å². The Labute approximate surface area is 103 Å². The molecular weight excluding hydrogens is 298 g/mol. The van der Waals surface area contributed by atoms with Gasteiger partial charge in [0, 0.05) is 13.7 Å². The molecule has 0 saturated heterocycles. The molecule has 0 aromatic carbocycles. The van der Waals surface area contributed by atoms with Crippen molar-refractivity contribution in [1.29, 1.82) is 0 Å². The predicted octanol–water partition coefficient (Wildman–Crippen LogP) is 1.02. The zero-order valence-electron chi connectivity index (χ0n) is 8.68. The lowest BCUT2D eigenvalue weighted by atomic mass is 10.5. The summed E-state index contributed by atoms with van der Waals surface area (Å²) in [5.41, 5.74) is 0. The summed E-state index contributed by atoms with van der Waals surface area (Å²) in [6.07, 6.45) is 3.21. The van der Waals surface area contributed by atoms with Crippen molar-refractivity contribution < 1.29 is 13.2 Å². The molecule has 0 radical (unpaired) electrons. The molecule has 0 bridgehead atoms. The summed E-state index contributed by atoms with van der Waals surface area (Å²) in [6, 6.07) is 0. The van der Waals surface area contributed by atoms with Gasteiger partial charge in [-0.25, -0.2) is 18.4 Å². The van der Waals surface area contributed by atoms with Gasteiger partial charge >= 0.3 is 0 Å². The van der Waals surface area contributed by atoms with Crippen LogP contribution in [-0.2, 0) is 14.8 Å². The van der Waals surface area contributed by atoms with E-state index >= 15 is 0 Å². The van der Waals surface area contributed by atoms with Crippen molar-refractivity contribution in [2.24, 2.45) is 0 Å². The molecule has 16 heavy (non-hydrogen) atoms. The summed E-state index contributed by atoms with van der Waals surface area (Å²) in [5.74, 6) is 0.207. The molecule has 0 atom stereocenters. The van der Waals surface area contributed by atoms with Gasteiger partial charge in [0.15, 0.2) is 5.82 Å². The molecule has 1 aromatic rings. The van der Waals surface area contributed by atoms with Crippen molar-refractivity contribution in [2.75, 3.05) is 24.2 Å². The number of nitrogens with one attached hydrogen (secondary N) is 1. The first-order valence-electron chi connectivity index (χ1n) is 4.50. The molecule has 90 valence electrons. The van der Waals surface area contributed by atoms with Gasteiger partial charge in [-0.2, -0.15) is 0 Å². The summed E-state index contributed by atoms with van der Waals surface area (Å²) in [5, 5.41) is 0. The molecular formula is C8H12BrN3O3S. The third-order valence-electron chi connectivity index (χ3n) is 1.64. The average Bonchev–Trinajstić information content (AvgIpc) is 2.21. The SMILES string of the molecule is COCCCS(=O)(=O)Nc1cnc(Br)cn1. The van der Waals surface area contributed by atoms with E-state index in [1.165, 1.54) is 19.5 Å². The molecule has 0 aliphatic carbocycles. The highest BCUT2D eigenvalue weighted by Crippen LogP contribution is 2.08. The number of nitrogens with zero attached hydrogens (tertiary/aromatic N) is 2. The second-order valence-corrected chi connectivity index (χ2v) is 5.65. The van der Waals surface area contributed by atoms with E-state index in [4.69, 9.17) is 4.74 Å². The van der Waals surface area contributed by atoms with Crippen LogP contribution in [0.4, 0.5) is 5.82 Å². The van der Waals surface area contributed by atoms with E-state index in [2.05, 4.69) is 30.6 Å². The maximum absolute atomic E-state index is 11.5. The Bertz CT molecular complexity index is 421. The van der Waals surface area contributed by atoms with Crippen molar-refractivity contribution in [3.05, 3.63) is 17.0 Å². The van der Waals surface area contributed by atoms with Crippen molar-refractivity contribution in [3.8, 4) is 0 Å². The maximum Gasteiger partial charge on any atom is 0.234 e. The second-order valence-electron chi connectivity index (χ2n) is 2.99. The Kier molecular flexibility index (Phi) is 5.10. The van der Waals surface area contributed by atoms with E-state index in [9.17, 15) is 8.42 Å². The number of hydrogen-bond acceptors (Lipinski definition) is 5. The minimum Gasteiger partial charge on any atom is -0.385 e. The summed E-state index contributed by atoms with van der Waals surface area (Å²) < 4.78 is 30.7. The largest absolute Gasteiger partial charge is 0.385 e. The van der Waals surface area contributed by atoms with Crippen LogP contribution in [0.2, 0.25) is 0 Å². The van der Waals surface area contributed by atoms with E-state index in [0.717, 1.165) is 0 Å². The molecule has 0 fully saturated rings. The van der Waals surface area contributed by atoms with Crippen molar-refractivity contribution in [3.63, 3.8) is 0 Å². The first-order valence-corrected chi connectivity index (χ1v) is 6.95. The van der Waals surface area contributed by atoms with E-state index in [1.54, 1.807) is 0 Å². The van der Waals surface area contributed by atoms with E-state index in [0.29, 0.717) is 17.6 Å².